The number of carbonyl (C=O) groups is 1. The van der Waals surface area contributed by atoms with Gasteiger partial charge in [0, 0.05) is 23.3 Å². The van der Waals surface area contributed by atoms with Gasteiger partial charge < -0.3 is 4.90 Å². The molecule has 1 aliphatic rings. The van der Waals surface area contributed by atoms with E-state index in [0.717, 1.165) is 31.1 Å². The number of hydrogen-bond donors (Lipinski definition) is 0. The Labute approximate surface area is 108 Å². The van der Waals surface area contributed by atoms with Crippen LogP contribution in [0.1, 0.15) is 52.9 Å². The molecule has 1 aliphatic heterocycles. The normalized spacial score (nSPS) is 23.0. The van der Waals surface area contributed by atoms with Crippen molar-refractivity contribution in [2.45, 2.75) is 58.9 Å². The lowest BCUT2D eigenvalue weighted by Crippen LogP contribution is -2.47. The SMILES string of the molecule is CCC(C)(C)C(=O)N1CCCCCC1CBr. The Bertz CT molecular complexity index is 240. The zero-order valence-electron chi connectivity index (χ0n) is 10.8. The van der Waals surface area contributed by atoms with Crippen molar-refractivity contribution in [2.75, 3.05) is 11.9 Å². The summed E-state index contributed by atoms with van der Waals surface area (Å²) in [7, 11) is 0. The average molecular weight is 290 g/mol. The fourth-order valence-corrected chi connectivity index (χ4v) is 2.82. The number of alkyl halides is 1. The minimum absolute atomic E-state index is 0.204. The van der Waals surface area contributed by atoms with Gasteiger partial charge in [0.15, 0.2) is 0 Å². The minimum atomic E-state index is -0.204. The van der Waals surface area contributed by atoms with E-state index in [1.807, 2.05) is 0 Å². The lowest BCUT2D eigenvalue weighted by Gasteiger charge is -2.35. The molecule has 2 nitrogen and oxygen atoms in total. The van der Waals surface area contributed by atoms with Crippen LogP contribution in [-0.2, 0) is 4.79 Å². The van der Waals surface area contributed by atoms with Crippen molar-refractivity contribution in [3.8, 4) is 0 Å². The van der Waals surface area contributed by atoms with Gasteiger partial charge in [-0.3, -0.25) is 4.79 Å². The van der Waals surface area contributed by atoms with E-state index in [1.165, 1.54) is 12.8 Å². The predicted molar refractivity (Wildman–Crippen MR) is 71.8 cm³/mol. The molecule has 0 saturated carbocycles. The summed E-state index contributed by atoms with van der Waals surface area (Å²) in [5.41, 5.74) is -0.204. The number of likely N-dealkylation sites (tertiary alicyclic amines) is 1. The van der Waals surface area contributed by atoms with Crippen LogP contribution in [0.2, 0.25) is 0 Å². The standard InChI is InChI=1S/C13H24BrNO/c1-4-13(2,3)12(16)15-9-7-5-6-8-11(15)10-14/h11H,4-10H2,1-3H3. The van der Waals surface area contributed by atoms with Gasteiger partial charge in [-0.05, 0) is 19.3 Å². The highest BCUT2D eigenvalue weighted by Gasteiger charge is 2.34. The fraction of sp³-hybridized carbons (Fsp3) is 0.923. The molecule has 3 heteroatoms. The summed E-state index contributed by atoms with van der Waals surface area (Å²) in [4.78, 5) is 14.6. The molecular formula is C13H24BrNO. The maximum atomic E-state index is 12.5. The lowest BCUT2D eigenvalue weighted by molar-refractivity contribution is -0.142. The number of halogens is 1. The number of nitrogens with zero attached hydrogens (tertiary/aromatic N) is 1. The third-order valence-corrected chi connectivity index (χ3v) is 4.53. The lowest BCUT2D eigenvalue weighted by atomic mass is 9.88. The Hall–Kier alpha value is -0.0500. The molecule has 0 spiro atoms. The number of amides is 1. The maximum Gasteiger partial charge on any atom is 0.228 e. The molecule has 1 saturated heterocycles. The van der Waals surface area contributed by atoms with Gasteiger partial charge in [-0.1, -0.05) is 49.5 Å². The molecule has 0 aromatic heterocycles. The van der Waals surface area contributed by atoms with Crippen LogP contribution in [0.15, 0.2) is 0 Å². The highest BCUT2D eigenvalue weighted by Crippen LogP contribution is 2.27. The topological polar surface area (TPSA) is 20.3 Å². The Morgan fingerprint density at radius 3 is 2.62 bits per heavy atom. The summed E-state index contributed by atoms with van der Waals surface area (Å²) in [5, 5.41) is 0.915. The highest BCUT2D eigenvalue weighted by atomic mass is 79.9. The average Bonchev–Trinajstić information content (AvgIpc) is 2.52. The molecule has 0 aromatic carbocycles. The van der Waals surface area contributed by atoms with E-state index in [1.54, 1.807) is 0 Å². The van der Waals surface area contributed by atoms with Crippen molar-refractivity contribution in [3.63, 3.8) is 0 Å². The van der Waals surface area contributed by atoms with Crippen LogP contribution in [0.25, 0.3) is 0 Å². The summed E-state index contributed by atoms with van der Waals surface area (Å²) >= 11 is 3.55. The molecule has 1 unspecified atom stereocenters. The second kappa shape index (κ2) is 6.04. The van der Waals surface area contributed by atoms with Crippen molar-refractivity contribution < 1.29 is 4.79 Å². The highest BCUT2D eigenvalue weighted by molar-refractivity contribution is 9.09. The van der Waals surface area contributed by atoms with Crippen molar-refractivity contribution in [3.05, 3.63) is 0 Å². The molecule has 1 atom stereocenters. The van der Waals surface area contributed by atoms with Crippen LogP contribution in [-0.4, -0.2) is 28.7 Å². The van der Waals surface area contributed by atoms with E-state index < -0.39 is 0 Å². The third-order valence-electron chi connectivity index (χ3n) is 3.78. The van der Waals surface area contributed by atoms with Crippen molar-refractivity contribution in [1.29, 1.82) is 0 Å². The Kier molecular flexibility index (Phi) is 5.29. The molecule has 0 bridgehead atoms. The number of hydrogen-bond acceptors (Lipinski definition) is 1. The molecule has 0 aromatic rings. The molecule has 1 heterocycles. The Morgan fingerprint density at radius 1 is 1.38 bits per heavy atom. The molecule has 0 radical (unpaired) electrons. The summed E-state index contributed by atoms with van der Waals surface area (Å²) < 4.78 is 0. The number of carbonyl (C=O) groups excluding carboxylic acids is 1. The van der Waals surface area contributed by atoms with Gasteiger partial charge in [0.25, 0.3) is 0 Å². The first-order chi connectivity index (χ1) is 7.53. The van der Waals surface area contributed by atoms with Crippen LogP contribution >= 0.6 is 15.9 Å². The predicted octanol–water partition coefficient (Wildman–Crippen LogP) is 3.59. The van der Waals surface area contributed by atoms with E-state index in [2.05, 4.69) is 41.6 Å². The van der Waals surface area contributed by atoms with Crippen molar-refractivity contribution >= 4 is 21.8 Å². The van der Waals surface area contributed by atoms with E-state index in [-0.39, 0.29) is 5.41 Å². The van der Waals surface area contributed by atoms with Crippen LogP contribution in [0.5, 0.6) is 0 Å². The molecule has 16 heavy (non-hydrogen) atoms. The largest absolute Gasteiger partial charge is 0.338 e. The molecule has 1 fully saturated rings. The third kappa shape index (κ3) is 3.22. The van der Waals surface area contributed by atoms with Gasteiger partial charge in [0.2, 0.25) is 5.91 Å². The first-order valence-electron chi connectivity index (χ1n) is 6.40. The van der Waals surface area contributed by atoms with Gasteiger partial charge in [-0.15, -0.1) is 0 Å². The zero-order valence-corrected chi connectivity index (χ0v) is 12.3. The maximum absolute atomic E-state index is 12.5. The monoisotopic (exact) mass is 289 g/mol. The first kappa shape index (κ1) is 14.0. The zero-order chi connectivity index (χ0) is 12.2. The van der Waals surface area contributed by atoms with Gasteiger partial charge in [-0.2, -0.15) is 0 Å². The van der Waals surface area contributed by atoms with Crippen LogP contribution in [0.4, 0.5) is 0 Å². The van der Waals surface area contributed by atoms with Crippen LogP contribution in [0.3, 0.4) is 0 Å². The molecule has 1 amide bonds. The second-order valence-electron chi connectivity index (χ2n) is 5.39. The Balaban J connectivity index is 2.77. The van der Waals surface area contributed by atoms with Gasteiger partial charge in [-0.25, -0.2) is 0 Å². The summed E-state index contributed by atoms with van der Waals surface area (Å²) in [6.45, 7) is 7.16. The summed E-state index contributed by atoms with van der Waals surface area (Å²) in [6.07, 6.45) is 5.75. The molecule has 94 valence electrons. The van der Waals surface area contributed by atoms with Gasteiger partial charge in [0.05, 0.1) is 0 Å². The van der Waals surface area contributed by atoms with Gasteiger partial charge >= 0.3 is 0 Å². The molecular weight excluding hydrogens is 266 g/mol. The summed E-state index contributed by atoms with van der Waals surface area (Å²) in [6, 6.07) is 0.404. The summed E-state index contributed by atoms with van der Waals surface area (Å²) in [5.74, 6) is 0.335. The molecule has 1 rings (SSSR count). The first-order valence-corrected chi connectivity index (χ1v) is 7.52. The quantitative estimate of drug-likeness (QED) is 0.727. The van der Waals surface area contributed by atoms with Crippen LogP contribution < -0.4 is 0 Å². The Morgan fingerprint density at radius 2 is 2.06 bits per heavy atom. The molecule has 0 aliphatic carbocycles. The van der Waals surface area contributed by atoms with E-state index >= 15 is 0 Å². The fourth-order valence-electron chi connectivity index (χ4n) is 2.15. The second-order valence-corrected chi connectivity index (χ2v) is 6.04. The van der Waals surface area contributed by atoms with E-state index in [0.29, 0.717) is 11.9 Å². The van der Waals surface area contributed by atoms with E-state index in [9.17, 15) is 4.79 Å². The van der Waals surface area contributed by atoms with Gasteiger partial charge in [0.1, 0.15) is 0 Å². The molecule has 0 N–H and O–H groups in total. The van der Waals surface area contributed by atoms with Crippen LogP contribution in [0, 0.1) is 5.41 Å². The van der Waals surface area contributed by atoms with Crippen molar-refractivity contribution in [1.82, 2.24) is 4.90 Å². The van der Waals surface area contributed by atoms with E-state index in [4.69, 9.17) is 0 Å². The smallest absolute Gasteiger partial charge is 0.228 e. The van der Waals surface area contributed by atoms with Crippen molar-refractivity contribution in [2.24, 2.45) is 5.41 Å². The number of rotatable bonds is 3. The minimum Gasteiger partial charge on any atom is -0.338 e.